The summed E-state index contributed by atoms with van der Waals surface area (Å²) < 4.78 is 0. The normalized spacial score (nSPS) is 11.7. The minimum Gasteiger partial charge on any atom is -0.390 e. The summed E-state index contributed by atoms with van der Waals surface area (Å²) in [5, 5.41) is 16.4. The molecule has 0 radical (unpaired) electrons. The molecule has 0 aliphatic carbocycles. The Hall–Kier alpha value is -3.62. The second-order valence-corrected chi connectivity index (χ2v) is 9.15. The van der Waals surface area contributed by atoms with Crippen molar-refractivity contribution in [2.75, 3.05) is 26.2 Å². The van der Waals surface area contributed by atoms with Crippen LogP contribution in [0.5, 0.6) is 0 Å². The van der Waals surface area contributed by atoms with Gasteiger partial charge in [0.05, 0.1) is 6.10 Å². The number of hydrogen-bond donors (Lipinski definition) is 3. The molecule has 1 heterocycles. The molecule has 2 aromatic carbocycles. The Morgan fingerprint density at radius 2 is 1.65 bits per heavy atom. The molecule has 0 fully saturated rings. The van der Waals surface area contributed by atoms with Crippen molar-refractivity contribution < 1.29 is 14.7 Å². The van der Waals surface area contributed by atoms with E-state index in [-0.39, 0.29) is 18.4 Å². The molecule has 8 nitrogen and oxygen atoms in total. The van der Waals surface area contributed by atoms with Crippen LogP contribution in [0.1, 0.15) is 58.5 Å². The summed E-state index contributed by atoms with van der Waals surface area (Å²) in [7, 11) is 0. The minimum atomic E-state index is -0.764. The molecule has 37 heavy (non-hydrogen) atoms. The minimum absolute atomic E-state index is 0.0615. The van der Waals surface area contributed by atoms with E-state index in [1.54, 1.807) is 30.6 Å². The lowest BCUT2D eigenvalue weighted by atomic mass is 10.0. The van der Waals surface area contributed by atoms with Gasteiger partial charge in [0.15, 0.2) is 5.82 Å². The fourth-order valence-corrected chi connectivity index (χ4v) is 4.11. The molecule has 3 aromatic rings. The van der Waals surface area contributed by atoms with Gasteiger partial charge in [0.1, 0.15) is 0 Å². The average Bonchev–Trinajstić information content (AvgIpc) is 2.91. The molecule has 1 atom stereocenters. The molecule has 0 spiro atoms. The zero-order chi connectivity index (χ0) is 26.6. The van der Waals surface area contributed by atoms with Crippen LogP contribution in [0.2, 0.25) is 0 Å². The van der Waals surface area contributed by atoms with Crippen LogP contribution >= 0.6 is 0 Å². The molecule has 2 amide bonds. The Morgan fingerprint density at radius 1 is 0.946 bits per heavy atom. The van der Waals surface area contributed by atoms with Gasteiger partial charge in [-0.25, -0.2) is 9.97 Å². The van der Waals surface area contributed by atoms with Crippen LogP contribution in [-0.4, -0.2) is 64.1 Å². The quantitative estimate of drug-likeness (QED) is 0.329. The largest absolute Gasteiger partial charge is 0.390 e. The number of aliphatic hydroxyl groups is 1. The van der Waals surface area contributed by atoms with Crippen molar-refractivity contribution in [3.63, 3.8) is 0 Å². The third-order valence-corrected chi connectivity index (χ3v) is 5.82. The van der Waals surface area contributed by atoms with Gasteiger partial charge in [0, 0.05) is 61.8 Å². The van der Waals surface area contributed by atoms with Crippen molar-refractivity contribution in [3.05, 3.63) is 83.2 Å². The number of hydrogen-bond acceptors (Lipinski definition) is 6. The fourth-order valence-electron chi connectivity index (χ4n) is 4.11. The van der Waals surface area contributed by atoms with Gasteiger partial charge in [-0.15, -0.1) is 0 Å². The van der Waals surface area contributed by atoms with Gasteiger partial charge in [-0.1, -0.05) is 32.0 Å². The number of nitrogens with one attached hydrogen (secondary N) is 2. The summed E-state index contributed by atoms with van der Waals surface area (Å²) >= 11 is 0. The highest BCUT2D eigenvalue weighted by Gasteiger charge is 2.17. The molecule has 0 saturated carbocycles. The maximum absolute atomic E-state index is 13.0. The van der Waals surface area contributed by atoms with Crippen LogP contribution in [0.3, 0.4) is 0 Å². The number of carbonyl (C=O) groups is 2. The first kappa shape index (κ1) is 28.0. The third-order valence-electron chi connectivity index (χ3n) is 5.82. The van der Waals surface area contributed by atoms with E-state index < -0.39 is 6.10 Å². The lowest BCUT2D eigenvalue weighted by Gasteiger charge is -2.22. The highest BCUT2D eigenvalue weighted by molar-refractivity contribution is 6.00. The van der Waals surface area contributed by atoms with E-state index in [4.69, 9.17) is 0 Å². The van der Waals surface area contributed by atoms with Crippen molar-refractivity contribution in [1.29, 1.82) is 0 Å². The number of amides is 2. The van der Waals surface area contributed by atoms with E-state index >= 15 is 0 Å². The Morgan fingerprint density at radius 3 is 2.35 bits per heavy atom. The van der Waals surface area contributed by atoms with Crippen LogP contribution in [0.25, 0.3) is 11.4 Å². The third kappa shape index (κ3) is 8.48. The lowest BCUT2D eigenvalue weighted by Crippen LogP contribution is -2.38. The highest BCUT2D eigenvalue weighted by atomic mass is 16.3. The molecular formula is C29H37N5O3. The van der Waals surface area contributed by atoms with Crippen LogP contribution in [-0.2, 0) is 6.54 Å². The van der Waals surface area contributed by atoms with E-state index in [2.05, 4.69) is 20.6 Å². The first-order valence-corrected chi connectivity index (χ1v) is 12.9. The molecule has 0 unspecified atom stereocenters. The summed E-state index contributed by atoms with van der Waals surface area (Å²) in [5.41, 5.74) is 3.73. The molecule has 1 aromatic heterocycles. The van der Waals surface area contributed by atoms with Crippen molar-refractivity contribution in [2.24, 2.45) is 0 Å². The van der Waals surface area contributed by atoms with E-state index in [1.807, 2.05) is 56.0 Å². The number of aromatic nitrogens is 2. The molecule has 0 bridgehead atoms. The zero-order valence-corrected chi connectivity index (χ0v) is 21.9. The molecular weight excluding hydrogens is 466 g/mol. The van der Waals surface area contributed by atoms with Gasteiger partial charge < -0.3 is 20.6 Å². The van der Waals surface area contributed by atoms with Gasteiger partial charge in [0.2, 0.25) is 0 Å². The molecule has 8 heteroatoms. The smallest absolute Gasteiger partial charge is 0.253 e. The molecule has 0 saturated heterocycles. The van der Waals surface area contributed by atoms with Gasteiger partial charge in [0.25, 0.3) is 11.8 Å². The number of carbonyl (C=O) groups excluding carboxylic acids is 2. The lowest BCUT2D eigenvalue weighted by molar-refractivity contribution is 0.0755. The standard InChI is InChI=1S/C29H37N5O3/c1-4-12-34(13-5-2)29(37)25-15-21(3)14-24(17-25)28(36)33-20-26(35)19-30-18-22-8-6-9-23(16-22)27-31-10-7-11-32-27/h6-11,14-17,26,30,35H,4-5,12-13,18-20H2,1-3H3,(H,33,36)/t26-/m1/s1. The van der Waals surface area contributed by atoms with Crippen molar-refractivity contribution in [3.8, 4) is 11.4 Å². The van der Waals surface area contributed by atoms with Crippen LogP contribution < -0.4 is 10.6 Å². The summed E-state index contributed by atoms with van der Waals surface area (Å²) in [6, 6.07) is 14.9. The number of benzene rings is 2. The molecule has 0 aliphatic rings. The zero-order valence-electron chi connectivity index (χ0n) is 21.9. The summed E-state index contributed by atoms with van der Waals surface area (Å²) in [5.74, 6) is 0.287. The SMILES string of the molecule is CCCN(CCC)C(=O)c1cc(C)cc(C(=O)NC[C@H](O)CNCc2cccc(-c3ncccn3)c2)c1. The predicted molar refractivity (Wildman–Crippen MR) is 145 cm³/mol. The average molecular weight is 504 g/mol. The Kier molecular flexibility index (Phi) is 10.7. The first-order chi connectivity index (χ1) is 17.9. The van der Waals surface area contributed by atoms with Gasteiger partial charge >= 0.3 is 0 Å². The maximum Gasteiger partial charge on any atom is 0.253 e. The Bertz CT molecular complexity index is 1160. The van der Waals surface area contributed by atoms with E-state index in [0.29, 0.717) is 43.1 Å². The number of rotatable bonds is 13. The van der Waals surface area contributed by atoms with Gasteiger partial charge in [-0.3, -0.25) is 9.59 Å². The van der Waals surface area contributed by atoms with Crippen molar-refractivity contribution in [1.82, 2.24) is 25.5 Å². The maximum atomic E-state index is 13.0. The van der Waals surface area contributed by atoms with E-state index in [9.17, 15) is 14.7 Å². The highest BCUT2D eigenvalue weighted by Crippen LogP contribution is 2.16. The molecule has 3 N–H and O–H groups in total. The van der Waals surface area contributed by atoms with Crippen LogP contribution in [0, 0.1) is 6.92 Å². The van der Waals surface area contributed by atoms with Gasteiger partial charge in [-0.05, 0) is 61.2 Å². The predicted octanol–water partition coefficient (Wildman–Crippen LogP) is 3.59. The summed E-state index contributed by atoms with van der Waals surface area (Å²) in [6.07, 6.45) is 4.41. The topological polar surface area (TPSA) is 107 Å². The molecule has 0 aliphatic heterocycles. The second kappa shape index (κ2) is 14.2. The second-order valence-electron chi connectivity index (χ2n) is 9.15. The number of aryl methyl sites for hydroxylation is 1. The van der Waals surface area contributed by atoms with E-state index in [1.165, 1.54) is 0 Å². The van der Waals surface area contributed by atoms with Crippen LogP contribution in [0.4, 0.5) is 0 Å². The van der Waals surface area contributed by atoms with Crippen LogP contribution in [0.15, 0.2) is 60.9 Å². The van der Waals surface area contributed by atoms with Crippen molar-refractivity contribution >= 4 is 11.8 Å². The Balaban J connectivity index is 1.51. The first-order valence-electron chi connectivity index (χ1n) is 12.9. The monoisotopic (exact) mass is 503 g/mol. The molecule has 196 valence electrons. The fraction of sp³-hybridized carbons (Fsp3) is 0.379. The summed E-state index contributed by atoms with van der Waals surface area (Å²) in [4.78, 5) is 36.2. The molecule has 3 rings (SSSR count). The van der Waals surface area contributed by atoms with Gasteiger partial charge in [-0.2, -0.15) is 0 Å². The number of nitrogens with zero attached hydrogens (tertiary/aromatic N) is 3. The van der Waals surface area contributed by atoms with Crippen molar-refractivity contribution in [2.45, 2.75) is 46.3 Å². The van der Waals surface area contributed by atoms with E-state index in [0.717, 1.165) is 29.5 Å². The summed E-state index contributed by atoms with van der Waals surface area (Å²) in [6.45, 7) is 8.29. The Labute approximate surface area is 219 Å². The number of aliphatic hydroxyl groups excluding tert-OH is 1.